The van der Waals surface area contributed by atoms with Crippen molar-refractivity contribution in [2.24, 2.45) is 0 Å². The fraction of sp³-hybridized carbons (Fsp3) is 0. The summed E-state index contributed by atoms with van der Waals surface area (Å²) in [5, 5.41) is 8.62. The number of para-hydroxylation sites is 1. The van der Waals surface area contributed by atoms with Gasteiger partial charge in [-0.2, -0.15) is 0 Å². The Morgan fingerprint density at radius 2 is 0.473 bits per heavy atom. The van der Waals surface area contributed by atoms with Gasteiger partial charge >= 0.3 is 0 Å². The molecule has 262 valence electrons. The van der Waals surface area contributed by atoms with Crippen LogP contribution in [-0.2, 0) is 0 Å². The Kier molecular flexibility index (Phi) is 9.23. The van der Waals surface area contributed by atoms with Gasteiger partial charge in [-0.05, 0) is 119 Å². The second-order valence-corrected chi connectivity index (χ2v) is 13.2. The van der Waals surface area contributed by atoms with Gasteiger partial charge in [0.1, 0.15) is 0 Å². The van der Waals surface area contributed by atoms with Gasteiger partial charge in [-0.1, -0.05) is 121 Å². The lowest BCUT2D eigenvalue weighted by Crippen LogP contribution is -2.12. The van der Waals surface area contributed by atoms with E-state index in [1.807, 2.05) is 60.7 Å². The summed E-state index contributed by atoms with van der Waals surface area (Å²) in [4.78, 5) is 4.56. The first-order valence-electron chi connectivity index (χ1n) is 18.3. The molecule has 0 saturated heterocycles. The minimum absolute atomic E-state index is 0.481. The van der Waals surface area contributed by atoms with Crippen LogP contribution in [0.1, 0.15) is 0 Å². The minimum Gasteiger partial charge on any atom is -0.416 e. The predicted molar refractivity (Wildman–Crippen MR) is 225 cm³/mol. The van der Waals surface area contributed by atoms with Crippen molar-refractivity contribution >= 4 is 34.1 Å². The summed E-state index contributed by atoms with van der Waals surface area (Å²) >= 11 is 0. The lowest BCUT2D eigenvalue weighted by Gasteiger charge is -2.28. The Morgan fingerprint density at radius 3 is 0.836 bits per heavy atom. The highest BCUT2D eigenvalue weighted by Gasteiger charge is 2.18. The van der Waals surface area contributed by atoms with E-state index in [9.17, 15) is 0 Å². The van der Waals surface area contributed by atoms with Gasteiger partial charge in [0.05, 0.1) is 0 Å². The monoisotopic (exact) mass is 708 g/mol. The fourth-order valence-corrected chi connectivity index (χ4v) is 6.88. The molecule has 0 atom stereocenters. The third-order valence-corrected chi connectivity index (χ3v) is 9.66. The fourth-order valence-electron chi connectivity index (χ4n) is 6.88. The highest BCUT2D eigenvalue weighted by Crippen LogP contribution is 2.40. The first kappa shape index (κ1) is 33.3. The van der Waals surface area contributed by atoms with E-state index >= 15 is 0 Å². The Labute approximate surface area is 321 Å². The van der Waals surface area contributed by atoms with E-state index in [4.69, 9.17) is 4.42 Å². The van der Waals surface area contributed by atoms with Gasteiger partial charge in [0.25, 0.3) is 0 Å². The number of rotatable bonds is 10. The van der Waals surface area contributed by atoms with Crippen molar-refractivity contribution in [3.8, 4) is 45.2 Å². The molecule has 0 aliphatic rings. The summed E-state index contributed by atoms with van der Waals surface area (Å²) in [6, 6.07) is 75.8. The number of aromatic nitrogens is 2. The third kappa shape index (κ3) is 7.15. The molecule has 0 aliphatic heterocycles. The van der Waals surface area contributed by atoms with Crippen molar-refractivity contribution in [3.63, 3.8) is 0 Å². The van der Waals surface area contributed by atoms with Crippen LogP contribution >= 0.6 is 0 Å². The SMILES string of the molecule is c1ccc(-c2ccc(N(c3ccc(-c4ccccc4)cc3)c3ccc(N(c4ccccc4)c4ccc(-c5nnc(-c6ccccc6)o5)cc4)cc3)cc2)cc1. The van der Waals surface area contributed by atoms with E-state index in [1.54, 1.807) is 0 Å². The largest absolute Gasteiger partial charge is 0.416 e. The molecule has 0 radical (unpaired) electrons. The van der Waals surface area contributed by atoms with Crippen molar-refractivity contribution < 1.29 is 4.42 Å². The normalized spacial score (nSPS) is 10.9. The maximum atomic E-state index is 6.05. The molecule has 0 unspecified atom stereocenters. The van der Waals surface area contributed by atoms with Gasteiger partial charge in [-0.15, -0.1) is 10.2 Å². The topological polar surface area (TPSA) is 45.4 Å². The molecule has 0 aliphatic carbocycles. The van der Waals surface area contributed by atoms with Gasteiger partial charge in [0.15, 0.2) is 0 Å². The number of nitrogens with zero attached hydrogens (tertiary/aromatic N) is 4. The van der Waals surface area contributed by atoms with Crippen LogP contribution in [0.4, 0.5) is 34.1 Å². The standard InChI is InChI=1S/C50H36N4O/c1-5-13-37(14-6-1)39-21-27-44(28-22-39)54(45-29-23-40(24-30-45)38-15-7-2-8-16-38)48-35-33-47(34-36-48)53(43-19-11-4-12-20-43)46-31-25-42(26-32-46)50-52-51-49(55-50)41-17-9-3-10-18-41/h1-36H. The second-order valence-electron chi connectivity index (χ2n) is 13.2. The lowest BCUT2D eigenvalue weighted by atomic mass is 10.0. The summed E-state index contributed by atoms with van der Waals surface area (Å²) in [6.45, 7) is 0. The first-order valence-corrected chi connectivity index (χ1v) is 18.3. The highest BCUT2D eigenvalue weighted by molar-refractivity contribution is 5.83. The quantitative estimate of drug-likeness (QED) is 0.142. The molecular formula is C50H36N4O. The van der Waals surface area contributed by atoms with Crippen molar-refractivity contribution in [3.05, 3.63) is 218 Å². The van der Waals surface area contributed by atoms with Crippen molar-refractivity contribution in [1.29, 1.82) is 0 Å². The van der Waals surface area contributed by atoms with E-state index in [2.05, 4.69) is 178 Å². The molecule has 9 aromatic rings. The van der Waals surface area contributed by atoms with Gasteiger partial charge in [0, 0.05) is 45.3 Å². The number of hydrogen-bond acceptors (Lipinski definition) is 5. The number of anilines is 6. The minimum atomic E-state index is 0.481. The average Bonchev–Trinajstić information content (AvgIpc) is 3.77. The first-order chi connectivity index (χ1) is 27.3. The highest BCUT2D eigenvalue weighted by atomic mass is 16.4. The van der Waals surface area contributed by atoms with Crippen molar-refractivity contribution in [1.82, 2.24) is 10.2 Å². The van der Waals surface area contributed by atoms with Crippen LogP contribution in [0.15, 0.2) is 223 Å². The van der Waals surface area contributed by atoms with E-state index in [1.165, 1.54) is 22.3 Å². The van der Waals surface area contributed by atoms with Crippen molar-refractivity contribution in [2.75, 3.05) is 9.80 Å². The van der Waals surface area contributed by atoms with Gasteiger partial charge < -0.3 is 14.2 Å². The van der Waals surface area contributed by atoms with Crippen LogP contribution in [0.25, 0.3) is 45.2 Å². The maximum Gasteiger partial charge on any atom is 0.248 e. The molecular weight excluding hydrogens is 673 g/mol. The van der Waals surface area contributed by atoms with Crippen LogP contribution < -0.4 is 9.80 Å². The maximum absolute atomic E-state index is 6.05. The molecule has 55 heavy (non-hydrogen) atoms. The average molecular weight is 709 g/mol. The van der Waals surface area contributed by atoms with Crippen LogP contribution in [0, 0.1) is 0 Å². The summed E-state index contributed by atoms with van der Waals surface area (Å²) in [5.41, 5.74) is 12.8. The molecule has 1 aromatic heterocycles. The van der Waals surface area contributed by atoms with Gasteiger partial charge in [-0.25, -0.2) is 0 Å². The zero-order chi connectivity index (χ0) is 36.8. The van der Waals surface area contributed by atoms with E-state index in [-0.39, 0.29) is 0 Å². The smallest absolute Gasteiger partial charge is 0.248 e. The molecule has 8 aromatic carbocycles. The summed E-state index contributed by atoms with van der Waals surface area (Å²) in [6.07, 6.45) is 0. The molecule has 0 spiro atoms. The third-order valence-electron chi connectivity index (χ3n) is 9.66. The molecule has 5 nitrogen and oxygen atoms in total. The summed E-state index contributed by atoms with van der Waals surface area (Å²) in [5.74, 6) is 0.980. The van der Waals surface area contributed by atoms with E-state index in [0.29, 0.717) is 11.8 Å². The molecule has 0 N–H and O–H groups in total. The van der Waals surface area contributed by atoms with E-state index < -0.39 is 0 Å². The molecule has 0 amide bonds. The summed E-state index contributed by atoms with van der Waals surface area (Å²) in [7, 11) is 0. The Bertz CT molecular complexity index is 2510. The van der Waals surface area contributed by atoms with Crippen LogP contribution in [0.2, 0.25) is 0 Å². The number of hydrogen-bond donors (Lipinski definition) is 0. The van der Waals surface area contributed by atoms with E-state index in [0.717, 1.165) is 45.3 Å². The van der Waals surface area contributed by atoms with Crippen LogP contribution in [0.3, 0.4) is 0 Å². The predicted octanol–water partition coefficient (Wildman–Crippen LogP) is 13.7. The molecule has 0 fully saturated rings. The second kappa shape index (κ2) is 15.2. The van der Waals surface area contributed by atoms with Gasteiger partial charge in [0.2, 0.25) is 11.8 Å². The Hall–Kier alpha value is -7.50. The van der Waals surface area contributed by atoms with Crippen LogP contribution in [0.5, 0.6) is 0 Å². The molecule has 9 rings (SSSR count). The number of benzene rings is 8. The summed E-state index contributed by atoms with van der Waals surface area (Å²) < 4.78 is 6.05. The lowest BCUT2D eigenvalue weighted by molar-refractivity contribution is 0.584. The molecule has 0 bridgehead atoms. The molecule has 1 heterocycles. The zero-order valence-electron chi connectivity index (χ0n) is 30.0. The molecule has 5 heteroatoms. The molecule has 0 saturated carbocycles. The van der Waals surface area contributed by atoms with Crippen LogP contribution in [-0.4, -0.2) is 10.2 Å². The Balaban J connectivity index is 1.05. The van der Waals surface area contributed by atoms with Crippen molar-refractivity contribution in [2.45, 2.75) is 0 Å². The Morgan fingerprint density at radius 1 is 0.236 bits per heavy atom. The zero-order valence-corrected chi connectivity index (χ0v) is 30.0. The van der Waals surface area contributed by atoms with Gasteiger partial charge in [-0.3, -0.25) is 0 Å².